The van der Waals surface area contributed by atoms with Crippen molar-refractivity contribution in [3.8, 4) is 0 Å². The van der Waals surface area contributed by atoms with Gasteiger partial charge in [0, 0.05) is 20.3 Å². The molecule has 0 saturated carbocycles. The number of halogens is 1. The summed E-state index contributed by atoms with van der Waals surface area (Å²) in [4.78, 5) is 1.18. The largest absolute Gasteiger partial charge is 0.384 e. The number of hydrogen-bond donors (Lipinski definition) is 1. The molecule has 1 unspecified atom stereocenters. The van der Waals surface area contributed by atoms with Crippen LogP contribution in [0.5, 0.6) is 0 Å². The molecule has 0 aliphatic rings. The van der Waals surface area contributed by atoms with E-state index in [1.807, 2.05) is 29.1 Å². The van der Waals surface area contributed by atoms with Gasteiger partial charge in [0.05, 0.1) is 0 Å². The van der Waals surface area contributed by atoms with Gasteiger partial charge in [0.2, 0.25) is 0 Å². The third kappa shape index (κ3) is 1.80. The highest BCUT2D eigenvalue weighted by molar-refractivity contribution is 9.10. The summed E-state index contributed by atoms with van der Waals surface area (Å²) in [7, 11) is 0. The van der Waals surface area contributed by atoms with Gasteiger partial charge in [-0.05, 0) is 45.2 Å². The van der Waals surface area contributed by atoms with Crippen molar-refractivity contribution in [3.63, 3.8) is 0 Å². The Labute approximate surface area is 99.2 Å². The summed E-state index contributed by atoms with van der Waals surface area (Å²) in [6, 6.07) is 1.98. The lowest BCUT2D eigenvalue weighted by Gasteiger charge is -2.09. The van der Waals surface area contributed by atoms with Gasteiger partial charge in [0.25, 0.3) is 0 Å². The van der Waals surface area contributed by atoms with Crippen LogP contribution < -0.4 is 0 Å². The summed E-state index contributed by atoms with van der Waals surface area (Å²) in [5, 5.41) is 16.1. The first-order chi connectivity index (χ1) is 6.70. The minimum Gasteiger partial charge on any atom is -0.384 e. The molecular weight excluding hydrogens is 280 g/mol. The monoisotopic (exact) mass is 288 g/mol. The van der Waals surface area contributed by atoms with E-state index < -0.39 is 6.10 Å². The smallest absolute Gasteiger partial charge is 0.107 e. The Hall–Kier alpha value is -0.160. The third-order valence-corrected chi connectivity index (χ3v) is 4.74. The minimum atomic E-state index is -0.498. The molecule has 2 aromatic heterocycles. The summed E-state index contributed by atoms with van der Waals surface area (Å²) >= 11 is 6.69. The molecule has 0 fully saturated rings. The molecule has 2 rings (SSSR count). The van der Waals surface area contributed by atoms with Crippen LogP contribution in [-0.2, 0) is 0 Å². The van der Waals surface area contributed by atoms with Gasteiger partial charge in [-0.1, -0.05) is 0 Å². The molecule has 2 heterocycles. The molecular formula is C10H9BrOS2. The van der Waals surface area contributed by atoms with Gasteiger partial charge >= 0.3 is 0 Å². The lowest BCUT2D eigenvalue weighted by Crippen LogP contribution is -1.98. The first kappa shape index (κ1) is 10.4. The van der Waals surface area contributed by atoms with Gasteiger partial charge in [-0.3, -0.25) is 0 Å². The van der Waals surface area contributed by atoms with E-state index in [0.29, 0.717) is 0 Å². The number of aliphatic hydroxyl groups excluding tert-OH is 1. The molecule has 0 bridgehead atoms. The zero-order chi connectivity index (χ0) is 10.1. The maximum Gasteiger partial charge on any atom is 0.107 e. The van der Waals surface area contributed by atoms with Crippen LogP contribution in [0.4, 0.5) is 0 Å². The Balaban J connectivity index is 2.38. The van der Waals surface area contributed by atoms with Gasteiger partial charge in [0.15, 0.2) is 0 Å². The fraction of sp³-hybridized carbons (Fsp3) is 0.200. The molecule has 0 aliphatic heterocycles. The van der Waals surface area contributed by atoms with E-state index in [-0.39, 0.29) is 0 Å². The fourth-order valence-corrected chi connectivity index (χ4v) is 3.60. The number of aryl methyl sites for hydroxylation is 1. The highest BCUT2D eigenvalue weighted by Crippen LogP contribution is 2.34. The predicted molar refractivity (Wildman–Crippen MR) is 65.1 cm³/mol. The van der Waals surface area contributed by atoms with E-state index in [1.165, 1.54) is 4.88 Å². The Kier molecular flexibility index (Phi) is 3.07. The van der Waals surface area contributed by atoms with Gasteiger partial charge in [-0.15, -0.1) is 11.3 Å². The molecule has 0 radical (unpaired) electrons. The molecule has 0 aliphatic carbocycles. The first-order valence-corrected chi connectivity index (χ1v) is 6.75. The molecule has 1 atom stereocenters. The first-order valence-electron chi connectivity index (χ1n) is 4.14. The van der Waals surface area contributed by atoms with Crippen LogP contribution in [0.15, 0.2) is 26.7 Å². The van der Waals surface area contributed by atoms with Crippen molar-refractivity contribution in [2.45, 2.75) is 13.0 Å². The highest BCUT2D eigenvalue weighted by Gasteiger charge is 2.16. The van der Waals surface area contributed by atoms with Crippen LogP contribution in [0.2, 0.25) is 0 Å². The average Bonchev–Trinajstić information content (AvgIpc) is 2.73. The van der Waals surface area contributed by atoms with E-state index in [1.54, 1.807) is 22.7 Å². The molecule has 0 aromatic carbocycles. The molecule has 74 valence electrons. The molecule has 4 heteroatoms. The van der Waals surface area contributed by atoms with Crippen molar-refractivity contribution < 1.29 is 5.11 Å². The van der Waals surface area contributed by atoms with E-state index in [2.05, 4.69) is 15.9 Å². The molecule has 14 heavy (non-hydrogen) atoms. The van der Waals surface area contributed by atoms with E-state index in [9.17, 15) is 5.11 Å². The Morgan fingerprint density at radius 1 is 1.36 bits per heavy atom. The Morgan fingerprint density at radius 3 is 2.64 bits per heavy atom. The van der Waals surface area contributed by atoms with E-state index in [0.717, 1.165) is 15.6 Å². The van der Waals surface area contributed by atoms with Crippen LogP contribution in [0.1, 0.15) is 22.1 Å². The number of aliphatic hydroxyl groups is 1. The quantitative estimate of drug-likeness (QED) is 0.887. The molecule has 1 nitrogen and oxygen atoms in total. The van der Waals surface area contributed by atoms with Crippen molar-refractivity contribution >= 4 is 38.6 Å². The lowest BCUT2D eigenvalue weighted by molar-refractivity contribution is 0.220. The minimum absolute atomic E-state index is 0.498. The maximum absolute atomic E-state index is 10.1. The number of rotatable bonds is 2. The van der Waals surface area contributed by atoms with Crippen molar-refractivity contribution in [3.05, 3.63) is 42.7 Å². The van der Waals surface area contributed by atoms with Crippen LogP contribution in [0.25, 0.3) is 0 Å². The summed E-state index contributed by atoms with van der Waals surface area (Å²) in [5.41, 5.74) is 1.96. The van der Waals surface area contributed by atoms with Crippen molar-refractivity contribution in [2.24, 2.45) is 0 Å². The second kappa shape index (κ2) is 4.14. The summed E-state index contributed by atoms with van der Waals surface area (Å²) in [5.74, 6) is 0. The summed E-state index contributed by atoms with van der Waals surface area (Å²) in [6.45, 7) is 2.03. The maximum atomic E-state index is 10.1. The van der Waals surface area contributed by atoms with Crippen molar-refractivity contribution in [1.82, 2.24) is 0 Å². The zero-order valence-electron chi connectivity index (χ0n) is 7.53. The lowest BCUT2D eigenvalue weighted by atomic mass is 10.1. The van der Waals surface area contributed by atoms with Gasteiger partial charge in [0.1, 0.15) is 6.10 Å². The topological polar surface area (TPSA) is 20.2 Å². The molecule has 1 N–H and O–H groups in total. The summed E-state index contributed by atoms with van der Waals surface area (Å²) < 4.78 is 0.987. The van der Waals surface area contributed by atoms with Gasteiger partial charge < -0.3 is 5.11 Å². The molecule has 0 saturated heterocycles. The fourth-order valence-electron chi connectivity index (χ4n) is 1.33. The van der Waals surface area contributed by atoms with Crippen molar-refractivity contribution in [2.75, 3.05) is 0 Å². The van der Waals surface area contributed by atoms with E-state index in [4.69, 9.17) is 0 Å². The normalized spacial score (nSPS) is 13.1. The molecule has 2 aromatic rings. The van der Waals surface area contributed by atoms with Crippen molar-refractivity contribution in [1.29, 1.82) is 0 Å². The average molecular weight is 289 g/mol. The summed E-state index contributed by atoms with van der Waals surface area (Å²) in [6.07, 6.45) is -0.498. The predicted octanol–water partition coefficient (Wildman–Crippen LogP) is 3.96. The standard InChI is InChI=1S/C10H9BrOS2/c1-6-7(2-3-14-6)10(12)8-4-13-5-9(8)11/h2-5,10,12H,1H3. The van der Waals surface area contributed by atoms with E-state index >= 15 is 0 Å². The van der Waals surface area contributed by atoms with Crippen LogP contribution in [0.3, 0.4) is 0 Å². The third-order valence-electron chi connectivity index (χ3n) is 2.13. The molecule has 0 spiro atoms. The Morgan fingerprint density at radius 2 is 2.14 bits per heavy atom. The second-order valence-corrected chi connectivity index (χ2v) is 5.73. The zero-order valence-corrected chi connectivity index (χ0v) is 10.7. The number of thiophene rings is 2. The second-order valence-electron chi connectivity index (χ2n) is 3.01. The van der Waals surface area contributed by atoms with Crippen LogP contribution in [0, 0.1) is 6.92 Å². The van der Waals surface area contributed by atoms with Crippen LogP contribution in [-0.4, -0.2) is 5.11 Å². The highest BCUT2D eigenvalue weighted by atomic mass is 79.9. The Bertz CT molecular complexity index is 393. The van der Waals surface area contributed by atoms with Crippen LogP contribution >= 0.6 is 38.6 Å². The van der Waals surface area contributed by atoms with Gasteiger partial charge in [-0.2, -0.15) is 11.3 Å². The molecule has 0 amide bonds. The van der Waals surface area contributed by atoms with Gasteiger partial charge in [-0.25, -0.2) is 0 Å². The SMILES string of the molecule is Cc1sccc1C(O)c1cscc1Br. The number of hydrogen-bond acceptors (Lipinski definition) is 3.